The van der Waals surface area contributed by atoms with Crippen molar-refractivity contribution in [1.29, 1.82) is 0 Å². The van der Waals surface area contributed by atoms with Crippen molar-refractivity contribution in [3.05, 3.63) is 69.8 Å². The second-order valence-electron chi connectivity index (χ2n) is 5.34. The highest BCUT2D eigenvalue weighted by Crippen LogP contribution is 2.30. The van der Waals surface area contributed by atoms with Crippen LogP contribution in [-0.4, -0.2) is 23.7 Å². The van der Waals surface area contributed by atoms with Crippen LogP contribution in [0.5, 0.6) is 5.75 Å². The number of methoxy groups -OCH3 is 1. The fourth-order valence-electron chi connectivity index (χ4n) is 2.45. The Labute approximate surface area is 134 Å². The minimum absolute atomic E-state index is 0.0313. The zero-order chi connectivity index (χ0) is 16.9. The van der Waals surface area contributed by atoms with Gasteiger partial charge in [0.15, 0.2) is 5.75 Å². The molecule has 0 bridgehead atoms. The highest BCUT2D eigenvalue weighted by atomic mass is 16.6. The summed E-state index contributed by atoms with van der Waals surface area (Å²) in [6.07, 6.45) is 0.399. The second-order valence-corrected chi connectivity index (χ2v) is 5.34. The van der Waals surface area contributed by atoms with Gasteiger partial charge in [0.05, 0.1) is 12.0 Å². The molecule has 0 saturated heterocycles. The molecule has 2 rings (SSSR count). The predicted molar refractivity (Wildman–Crippen MR) is 87.4 cm³/mol. The molecule has 2 aromatic carbocycles. The van der Waals surface area contributed by atoms with Crippen LogP contribution in [0.3, 0.4) is 0 Å². The van der Waals surface area contributed by atoms with Gasteiger partial charge in [0.1, 0.15) is 5.72 Å². The van der Waals surface area contributed by atoms with E-state index in [0.29, 0.717) is 18.5 Å². The summed E-state index contributed by atoms with van der Waals surface area (Å²) in [4.78, 5) is 10.8. The maximum atomic E-state index is 11.2. The van der Waals surface area contributed by atoms with E-state index in [4.69, 9.17) is 4.74 Å². The van der Waals surface area contributed by atoms with E-state index < -0.39 is 10.6 Å². The number of ether oxygens (including phenoxy) is 1. The Morgan fingerprint density at radius 1 is 1.22 bits per heavy atom. The van der Waals surface area contributed by atoms with E-state index in [-0.39, 0.29) is 11.4 Å². The molecule has 0 spiro atoms. The summed E-state index contributed by atoms with van der Waals surface area (Å²) in [5, 5.41) is 24.7. The van der Waals surface area contributed by atoms with E-state index >= 15 is 0 Å². The Hall–Kier alpha value is -2.44. The van der Waals surface area contributed by atoms with Crippen LogP contribution >= 0.6 is 0 Å². The van der Waals surface area contributed by atoms with Gasteiger partial charge in [-0.1, -0.05) is 42.5 Å². The van der Waals surface area contributed by atoms with Crippen LogP contribution in [0.25, 0.3) is 0 Å². The van der Waals surface area contributed by atoms with E-state index in [9.17, 15) is 15.2 Å². The molecule has 23 heavy (non-hydrogen) atoms. The number of nitrogens with one attached hydrogen (secondary N) is 1. The monoisotopic (exact) mass is 316 g/mol. The SMILES string of the molecule is COc1cccc(CCNC(C)(O)c2ccccc2)c1[N+](=O)[O-]. The molecule has 1 unspecified atom stereocenters. The number of hydrogen-bond donors (Lipinski definition) is 2. The first-order valence-corrected chi connectivity index (χ1v) is 7.29. The molecule has 0 radical (unpaired) electrons. The highest BCUT2D eigenvalue weighted by Gasteiger charge is 2.23. The topological polar surface area (TPSA) is 84.6 Å². The third-order valence-electron chi connectivity index (χ3n) is 3.68. The average molecular weight is 316 g/mol. The summed E-state index contributed by atoms with van der Waals surface area (Å²) >= 11 is 0. The van der Waals surface area contributed by atoms with Gasteiger partial charge in [-0.25, -0.2) is 0 Å². The smallest absolute Gasteiger partial charge is 0.314 e. The minimum atomic E-state index is -1.20. The van der Waals surface area contributed by atoms with Crippen LogP contribution in [0.2, 0.25) is 0 Å². The van der Waals surface area contributed by atoms with Crippen molar-refractivity contribution in [3.63, 3.8) is 0 Å². The number of para-hydroxylation sites is 1. The molecule has 122 valence electrons. The zero-order valence-electron chi connectivity index (χ0n) is 13.2. The molecule has 0 amide bonds. The lowest BCUT2D eigenvalue weighted by Gasteiger charge is -2.25. The molecule has 0 aromatic heterocycles. The van der Waals surface area contributed by atoms with Crippen LogP contribution in [0, 0.1) is 10.1 Å². The third-order valence-corrected chi connectivity index (χ3v) is 3.68. The number of benzene rings is 2. The van der Waals surface area contributed by atoms with E-state index in [1.807, 2.05) is 30.3 Å². The van der Waals surface area contributed by atoms with E-state index in [2.05, 4.69) is 5.32 Å². The van der Waals surface area contributed by atoms with Gasteiger partial charge < -0.3 is 9.84 Å². The van der Waals surface area contributed by atoms with Gasteiger partial charge in [-0.3, -0.25) is 15.4 Å². The number of nitrogens with zero attached hydrogens (tertiary/aromatic N) is 1. The van der Waals surface area contributed by atoms with Crippen LogP contribution < -0.4 is 10.1 Å². The van der Waals surface area contributed by atoms with E-state index in [1.54, 1.807) is 25.1 Å². The number of nitro benzene ring substituents is 1. The molecule has 0 saturated carbocycles. The molecule has 0 aliphatic heterocycles. The summed E-state index contributed by atoms with van der Waals surface area (Å²) < 4.78 is 5.05. The number of rotatable bonds is 7. The van der Waals surface area contributed by atoms with E-state index in [0.717, 1.165) is 5.56 Å². The minimum Gasteiger partial charge on any atom is -0.490 e. The Morgan fingerprint density at radius 3 is 2.52 bits per heavy atom. The molecular formula is C17H20N2O4. The fraction of sp³-hybridized carbons (Fsp3) is 0.294. The quantitative estimate of drug-likeness (QED) is 0.466. The summed E-state index contributed by atoms with van der Waals surface area (Å²) in [6, 6.07) is 14.2. The van der Waals surface area contributed by atoms with Crippen molar-refractivity contribution >= 4 is 5.69 Å². The Kier molecular flexibility index (Phi) is 5.31. The number of hydrogen-bond acceptors (Lipinski definition) is 5. The zero-order valence-corrected chi connectivity index (χ0v) is 13.2. The summed E-state index contributed by atoms with van der Waals surface area (Å²) in [5.41, 5.74) is 0.0663. The lowest BCUT2D eigenvalue weighted by molar-refractivity contribution is -0.386. The first-order chi connectivity index (χ1) is 11.0. The molecule has 0 aliphatic rings. The van der Waals surface area contributed by atoms with Crippen LogP contribution in [0.4, 0.5) is 5.69 Å². The van der Waals surface area contributed by atoms with Gasteiger partial charge in [0, 0.05) is 12.1 Å². The average Bonchev–Trinajstić information content (AvgIpc) is 2.55. The van der Waals surface area contributed by atoms with Crippen LogP contribution in [-0.2, 0) is 12.1 Å². The molecule has 0 fully saturated rings. The van der Waals surface area contributed by atoms with Gasteiger partial charge in [0.2, 0.25) is 0 Å². The normalized spacial score (nSPS) is 13.3. The van der Waals surface area contributed by atoms with Crippen LogP contribution in [0.15, 0.2) is 48.5 Å². The van der Waals surface area contributed by atoms with Crippen molar-refractivity contribution in [2.75, 3.05) is 13.7 Å². The van der Waals surface area contributed by atoms with Gasteiger partial charge in [-0.15, -0.1) is 0 Å². The maximum Gasteiger partial charge on any atom is 0.314 e. The maximum absolute atomic E-state index is 11.2. The molecule has 6 nitrogen and oxygen atoms in total. The molecule has 6 heteroatoms. The Morgan fingerprint density at radius 2 is 1.91 bits per heavy atom. The summed E-state index contributed by atoms with van der Waals surface area (Å²) in [6.45, 7) is 2.04. The molecule has 2 N–H and O–H groups in total. The van der Waals surface area contributed by atoms with Crippen molar-refractivity contribution in [2.45, 2.75) is 19.1 Å². The van der Waals surface area contributed by atoms with Crippen molar-refractivity contribution in [2.24, 2.45) is 0 Å². The van der Waals surface area contributed by atoms with Gasteiger partial charge in [0.25, 0.3) is 0 Å². The second kappa shape index (κ2) is 7.21. The standard InChI is InChI=1S/C17H20N2O4/c1-17(20,14-8-4-3-5-9-14)18-12-11-13-7-6-10-15(23-2)16(13)19(21)22/h3-10,18,20H,11-12H2,1-2H3. The van der Waals surface area contributed by atoms with E-state index in [1.165, 1.54) is 7.11 Å². The van der Waals surface area contributed by atoms with Gasteiger partial charge >= 0.3 is 5.69 Å². The van der Waals surface area contributed by atoms with Crippen molar-refractivity contribution in [3.8, 4) is 5.75 Å². The lowest BCUT2D eigenvalue weighted by Crippen LogP contribution is -2.40. The Balaban J connectivity index is 2.09. The predicted octanol–water partition coefficient (Wildman–Crippen LogP) is 2.60. The van der Waals surface area contributed by atoms with Crippen molar-refractivity contribution in [1.82, 2.24) is 5.32 Å². The first kappa shape index (κ1) is 16.9. The molecule has 0 heterocycles. The molecule has 2 aromatic rings. The van der Waals surface area contributed by atoms with Gasteiger partial charge in [-0.05, 0) is 25.0 Å². The molecule has 0 aliphatic carbocycles. The third kappa shape index (κ3) is 4.06. The van der Waals surface area contributed by atoms with Crippen LogP contribution in [0.1, 0.15) is 18.1 Å². The number of nitro groups is 1. The first-order valence-electron chi connectivity index (χ1n) is 7.29. The summed E-state index contributed by atoms with van der Waals surface area (Å²) in [7, 11) is 1.41. The summed E-state index contributed by atoms with van der Waals surface area (Å²) in [5.74, 6) is 0.238. The highest BCUT2D eigenvalue weighted by molar-refractivity contribution is 5.52. The molecule has 1 atom stereocenters. The largest absolute Gasteiger partial charge is 0.490 e. The van der Waals surface area contributed by atoms with Crippen molar-refractivity contribution < 1.29 is 14.8 Å². The fourth-order valence-corrected chi connectivity index (χ4v) is 2.45. The Bertz CT molecular complexity index is 672. The lowest BCUT2D eigenvalue weighted by atomic mass is 10.0. The van der Waals surface area contributed by atoms with Gasteiger partial charge in [-0.2, -0.15) is 0 Å². The number of aliphatic hydroxyl groups is 1. The molecular weight excluding hydrogens is 296 g/mol.